The Hall–Kier alpha value is -3.91. The van der Waals surface area contributed by atoms with Crippen LogP contribution in [0.1, 0.15) is 63.2 Å². The molecule has 5 rings (SSSR count). The second-order valence-corrected chi connectivity index (χ2v) is 11.7. The Labute approximate surface area is 238 Å². The number of rotatable bonds is 7. The van der Waals surface area contributed by atoms with Gasteiger partial charge < -0.3 is 15.0 Å². The van der Waals surface area contributed by atoms with E-state index in [9.17, 15) is 9.59 Å². The Balaban J connectivity index is 1.16. The number of para-hydroxylation sites is 1. The van der Waals surface area contributed by atoms with Crippen molar-refractivity contribution in [3.63, 3.8) is 0 Å². The number of ketones is 1. The van der Waals surface area contributed by atoms with E-state index in [0.717, 1.165) is 42.1 Å². The smallest absolute Gasteiger partial charge is 0.412 e. The number of H-pyrrole nitrogens is 1. The van der Waals surface area contributed by atoms with Gasteiger partial charge in [-0.2, -0.15) is 0 Å². The zero-order valence-corrected chi connectivity index (χ0v) is 23.7. The zero-order chi connectivity index (χ0) is 28.3. The maximum absolute atomic E-state index is 13.0. The third-order valence-electron chi connectivity index (χ3n) is 7.07. The summed E-state index contributed by atoms with van der Waals surface area (Å²) in [7, 11) is 0. The molecule has 1 saturated carbocycles. The van der Waals surface area contributed by atoms with E-state index in [1.165, 1.54) is 0 Å². The highest BCUT2D eigenvalue weighted by molar-refractivity contribution is 6.33. The summed E-state index contributed by atoms with van der Waals surface area (Å²) < 4.78 is 5.31. The van der Waals surface area contributed by atoms with E-state index in [1.807, 2.05) is 51.2 Å². The SMILES string of the molecule is CC(C)(C)OC(=O)Nc1cccc(C(=O)CC2CCC(Nc3ncc(Cl)c(-c4c[nH]c5ccccc45)n3)CC2)c1. The Morgan fingerprint density at radius 3 is 2.62 bits per heavy atom. The van der Waals surface area contributed by atoms with Gasteiger partial charge in [0.1, 0.15) is 5.60 Å². The molecule has 4 aromatic rings. The van der Waals surface area contributed by atoms with Crippen LogP contribution in [-0.4, -0.2) is 38.5 Å². The topological polar surface area (TPSA) is 109 Å². The van der Waals surface area contributed by atoms with Crippen molar-refractivity contribution in [3.05, 3.63) is 71.5 Å². The number of anilines is 2. The van der Waals surface area contributed by atoms with E-state index in [4.69, 9.17) is 21.3 Å². The Morgan fingerprint density at radius 2 is 1.85 bits per heavy atom. The average Bonchev–Trinajstić information content (AvgIpc) is 3.34. The molecule has 40 heavy (non-hydrogen) atoms. The predicted molar refractivity (Wildman–Crippen MR) is 159 cm³/mol. The van der Waals surface area contributed by atoms with Crippen molar-refractivity contribution in [3.8, 4) is 11.3 Å². The first-order chi connectivity index (χ1) is 19.1. The van der Waals surface area contributed by atoms with Crippen molar-refractivity contribution in [1.29, 1.82) is 0 Å². The van der Waals surface area contributed by atoms with Gasteiger partial charge in [0.05, 0.1) is 16.9 Å². The summed E-state index contributed by atoms with van der Waals surface area (Å²) in [5.41, 5.74) is 3.21. The standard InChI is InChI=1S/C31H34ClN5O3/c1-31(2,3)40-30(39)36-22-8-6-7-20(16-22)27(38)15-19-11-13-21(14-12-19)35-29-34-18-25(32)28(37-29)24-17-33-26-10-5-4-9-23(24)26/h4-10,16-19,21,33H,11-15H2,1-3H3,(H,36,39)(H,34,35,37). The first-order valence-corrected chi connectivity index (χ1v) is 14.0. The molecule has 0 aliphatic heterocycles. The largest absolute Gasteiger partial charge is 0.444 e. The molecule has 0 unspecified atom stereocenters. The lowest BCUT2D eigenvalue weighted by Gasteiger charge is -2.29. The van der Waals surface area contributed by atoms with Crippen LogP contribution in [0.15, 0.2) is 60.9 Å². The summed E-state index contributed by atoms with van der Waals surface area (Å²) >= 11 is 6.48. The fourth-order valence-corrected chi connectivity index (χ4v) is 5.35. The molecule has 2 aromatic heterocycles. The Kier molecular flexibility index (Phi) is 8.07. The monoisotopic (exact) mass is 559 g/mol. The van der Waals surface area contributed by atoms with Crippen molar-refractivity contribution in [2.24, 2.45) is 5.92 Å². The van der Waals surface area contributed by atoms with Gasteiger partial charge in [0.15, 0.2) is 5.78 Å². The molecule has 9 heteroatoms. The van der Waals surface area contributed by atoms with E-state index >= 15 is 0 Å². The van der Waals surface area contributed by atoms with Gasteiger partial charge in [0, 0.05) is 46.4 Å². The van der Waals surface area contributed by atoms with Crippen LogP contribution in [0.5, 0.6) is 0 Å². The number of carbonyl (C=O) groups excluding carboxylic acids is 2. The molecule has 2 heterocycles. The number of hydrogen-bond acceptors (Lipinski definition) is 6. The van der Waals surface area contributed by atoms with Gasteiger partial charge >= 0.3 is 6.09 Å². The maximum atomic E-state index is 13.0. The average molecular weight is 560 g/mol. The summed E-state index contributed by atoms with van der Waals surface area (Å²) in [6.07, 6.45) is 7.22. The molecule has 1 aliphatic rings. The van der Waals surface area contributed by atoms with Gasteiger partial charge in [-0.1, -0.05) is 41.9 Å². The molecule has 1 aliphatic carbocycles. The highest BCUT2D eigenvalue weighted by Gasteiger charge is 2.25. The van der Waals surface area contributed by atoms with E-state index in [0.29, 0.717) is 40.3 Å². The molecule has 0 atom stereocenters. The molecule has 208 valence electrons. The van der Waals surface area contributed by atoms with Crippen molar-refractivity contribution >= 4 is 46.0 Å². The number of hydrogen-bond donors (Lipinski definition) is 3. The van der Waals surface area contributed by atoms with E-state index < -0.39 is 11.7 Å². The van der Waals surface area contributed by atoms with Crippen LogP contribution in [0, 0.1) is 5.92 Å². The minimum atomic E-state index is -0.593. The van der Waals surface area contributed by atoms with E-state index in [-0.39, 0.29) is 11.8 Å². The van der Waals surface area contributed by atoms with Crippen molar-refractivity contribution in [1.82, 2.24) is 15.0 Å². The first-order valence-electron chi connectivity index (χ1n) is 13.6. The van der Waals surface area contributed by atoms with Gasteiger partial charge in [-0.25, -0.2) is 14.8 Å². The highest BCUT2D eigenvalue weighted by Crippen LogP contribution is 2.34. The summed E-state index contributed by atoms with van der Waals surface area (Å²) in [5.74, 6) is 0.938. The highest BCUT2D eigenvalue weighted by atomic mass is 35.5. The molecule has 1 fully saturated rings. The van der Waals surface area contributed by atoms with Gasteiger partial charge in [0.25, 0.3) is 0 Å². The van der Waals surface area contributed by atoms with Crippen LogP contribution in [-0.2, 0) is 4.74 Å². The number of aromatic amines is 1. The predicted octanol–water partition coefficient (Wildman–Crippen LogP) is 7.87. The normalized spacial score (nSPS) is 17.4. The summed E-state index contributed by atoms with van der Waals surface area (Å²) in [4.78, 5) is 37.6. The number of halogens is 1. The molecule has 0 saturated heterocycles. The summed E-state index contributed by atoms with van der Waals surface area (Å²) in [5, 5.41) is 7.75. The quantitative estimate of drug-likeness (QED) is 0.199. The number of carbonyl (C=O) groups is 2. The Bertz CT molecular complexity index is 1520. The number of ether oxygens (including phenoxy) is 1. The minimum absolute atomic E-state index is 0.0775. The van der Waals surface area contributed by atoms with E-state index in [1.54, 1.807) is 30.5 Å². The zero-order valence-electron chi connectivity index (χ0n) is 23.0. The third-order valence-corrected chi connectivity index (χ3v) is 7.35. The second kappa shape index (κ2) is 11.7. The number of aromatic nitrogens is 3. The molecular weight excluding hydrogens is 526 g/mol. The number of nitrogens with one attached hydrogen (secondary N) is 3. The second-order valence-electron chi connectivity index (χ2n) is 11.3. The summed E-state index contributed by atoms with van der Waals surface area (Å²) in [6, 6.07) is 15.3. The third kappa shape index (κ3) is 6.80. The number of benzene rings is 2. The number of Topliss-reactive ketones (excluding diaryl/α,β-unsaturated/α-hetero) is 1. The van der Waals surface area contributed by atoms with Crippen LogP contribution in [0.2, 0.25) is 5.02 Å². The van der Waals surface area contributed by atoms with Crippen LogP contribution in [0.25, 0.3) is 22.2 Å². The molecular formula is C31H34ClN5O3. The summed E-state index contributed by atoms with van der Waals surface area (Å²) in [6.45, 7) is 5.42. The van der Waals surface area contributed by atoms with Crippen molar-refractivity contribution in [2.45, 2.75) is 64.5 Å². The van der Waals surface area contributed by atoms with Gasteiger partial charge in [-0.05, 0) is 70.6 Å². The van der Waals surface area contributed by atoms with Gasteiger partial charge in [0.2, 0.25) is 5.95 Å². The minimum Gasteiger partial charge on any atom is -0.444 e. The Morgan fingerprint density at radius 1 is 1.07 bits per heavy atom. The fraction of sp³-hybridized carbons (Fsp3) is 0.355. The lowest BCUT2D eigenvalue weighted by atomic mass is 9.82. The molecule has 3 N–H and O–H groups in total. The lowest BCUT2D eigenvalue weighted by Crippen LogP contribution is -2.28. The van der Waals surface area contributed by atoms with Crippen molar-refractivity contribution < 1.29 is 14.3 Å². The van der Waals surface area contributed by atoms with Gasteiger partial charge in [-0.15, -0.1) is 0 Å². The van der Waals surface area contributed by atoms with Crippen molar-refractivity contribution in [2.75, 3.05) is 10.6 Å². The molecule has 8 nitrogen and oxygen atoms in total. The van der Waals surface area contributed by atoms with E-state index in [2.05, 4.69) is 20.6 Å². The lowest BCUT2D eigenvalue weighted by molar-refractivity contribution is 0.0635. The molecule has 1 amide bonds. The fourth-order valence-electron chi connectivity index (χ4n) is 5.16. The molecule has 2 aromatic carbocycles. The first kappa shape index (κ1) is 27.6. The molecule has 0 bridgehead atoms. The molecule has 0 spiro atoms. The number of amides is 1. The van der Waals surface area contributed by atoms with Crippen LogP contribution < -0.4 is 10.6 Å². The van der Waals surface area contributed by atoms with Gasteiger partial charge in [-0.3, -0.25) is 10.1 Å². The maximum Gasteiger partial charge on any atom is 0.412 e. The van der Waals surface area contributed by atoms with Crippen LogP contribution in [0.4, 0.5) is 16.4 Å². The number of nitrogens with zero attached hydrogens (tertiary/aromatic N) is 2. The number of fused-ring (bicyclic) bond motifs is 1. The molecule has 0 radical (unpaired) electrons. The van der Waals surface area contributed by atoms with Crippen LogP contribution in [0.3, 0.4) is 0 Å². The van der Waals surface area contributed by atoms with Crippen LogP contribution >= 0.6 is 11.6 Å².